The smallest absolute Gasteiger partial charge is 0.0760 e. The molecule has 1 N–H and O–H groups in total. The van der Waals surface area contributed by atoms with Crippen LogP contribution in [0.1, 0.15) is 11.8 Å². The predicted octanol–water partition coefficient (Wildman–Crippen LogP) is 1.29. The van der Waals surface area contributed by atoms with Crippen LogP contribution in [0.25, 0.3) is 0 Å². The average Bonchev–Trinajstić information content (AvgIpc) is 2.83. The number of nitrogens with zero attached hydrogens (tertiary/aromatic N) is 1. The van der Waals surface area contributed by atoms with Gasteiger partial charge in [-0.15, -0.1) is 11.3 Å². The minimum atomic E-state index is -0.238. The maximum atomic E-state index is 9.63. The third kappa shape index (κ3) is 2.08. The summed E-state index contributed by atoms with van der Waals surface area (Å²) in [6.07, 6.45) is 0. The minimum Gasteiger partial charge on any atom is -0.394 e. The summed E-state index contributed by atoms with van der Waals surface area (Å²) in [6.45, 7) is 5.59. The van der Waals surface area contributed by atoms with Crippen molar-refractivity contribution in [2.24, 2.45) is 0 Å². The zero-order valence-corrected chi connectivity index (χ0v) is 9.80. The number of hydrogen-bond acceptors (Lipinski definition) is 4. The van der Waals surface area contributed by atoms with Crippen LogP contribution >= 0.6 is 11.3 Å². The summed E-state index contributed by atoms with van der Waals surface area (Å²) in [4.78, 5) is 3.54. The Kier molecular flexibility index (Phi) is 3.41. The number of aliphatic hydroxyl groups is 1. The van der Waals surface area contributed by atoms with Crippen LogP contribution < -0.4 is 0 Å². The molecule has 0 spiro atoms. The van der Waals surface area contributed by atoms with Crippen LogP contribution in [0.5, 0.6) is 0 Å². The van der Waals surface area contributed by atoms with E-state index in [-0.39, 0.29) is 12.1 Å². The number of morpholine rings is 1. The number of ether oxygens (including phenoxy) is 1. The molecule has 1 fully saturated rings. The number of aliphatic hydroxyl groups excluding tert-OH is 1. The van der Waals surface area contributed by atoms with Crippen molar-refractivity contribution in [3.8, 4) is 0 Å². The van der Waals surface area contributed by atoms with Crippen molar-refractivity contribution in [3.05, 3.63) is 22.4 Å². The quantitative estimate of drug-likeness (QED) is 0.844. The van der Waals surface area contributed by atoms with Crippen LogP contribution in [0, 0.1) is 0 Å². The van der Waals surface area contributed by atoms with Crippen LogP contribution in [0.2, 0.25) is 0 Å². The lowest BCUT2D eigenvalue weighted by Gasteiger charge is -2.41. The average molecular weight is 227 g/mol. The highest BCUT2D eigenvalue weighted by molar-refractivity contribution is 7.10. The molecular weight excluding hydrogens is 210 g/mol. The van der Waals surface area contributed by atoms with Crippen molar-refractivity contribution in [3.63, 3.8) is 0 Å². The van der Waals surface area contributed by atoms with E-state index in [0.29, 0.717) is 0 Å². The molecule has 0 saturated carbocycles. The van der Waals surface area contributed by atoms with Crippen LogP contribution in [-0.4, -0.2) is 42.9 Å². The highest BCUT2D eigenvalue weighted by Crippen LogP contribution is 2.31. The monoisotopic (exact) mass is 227 g/mol. The summed E-state index contributed by atoms with van der Waals surface area (Å²) in [5, 5.41) is 11.7. The van der Waals surface area contributed by atoms with Gasteiger partial charge in [0.25, 0.3) is 0 Å². The Labute approximate surface area is 94.3 Å². The summed E-state index contributed by atoms with van der Waals surface area (Å²) in [7, 11) is 0. The van der Waals surface area contributed by atoms with E-state index < -0.39 is 0 Å². The van der Waals surface area contributed by atoms with E-state index in [1.165, 1.54) is 4.88 Å². The third-order valence-electron chi connectivity index (χ3n) is 3.07. The molecule has 3 nitrogen and oxygen atoms in total. The summed E-state index contributed by atoms with van der Waals surface area (Å²) >= 11 is 1.71. The lowest BCUT2D eigenvalue weighted by molar-refractivity contribution is -0.0377. The maximum absolute atomic E-state index is 9.63. The van der Waals surface area contributed by atoms with Crippen molar-refractivity contribution < 1.29 is 9.84 Å². The van der Waals surface area contributed by atoms with Gasteiger partial charge in [0.05, 0.1) is 25.4 Å². The molecule has 4 heteroatoms. The lowest BCUT2D eigenvalue weighted by atomic mass is 9.98. The van der Waals surface area contributed by atoms with E-state index in [4.69, 9.17) is 4.74 Å². The fourth-order valence-electron chi connectivity index (χ4n) is 1.98. The van der Waals surface area contributed by atoms with Crippen LogP contribution in [-0.2, 0) is 10.3 Å². The molecule has 0 radical (unpaired) electrons. The SMILES string of the molecule is C[C@@](CO)(c1cccs1)N1CCOCC1. The zero-order chi connectivity index (χ0) is 10.7. The van der Waals surface area contributed by atoms with Gasteiger partial charge in [-0.05, 0) is 18.4 Å². The summed E-state index contributed by atoms with van der Waals surface area (Å²) in [6, 6.07) is 4.13. The highest BCUT2D eigenvalue weighted by Gasteiger charge is 2.34. The molecule has 0 aliphatic carbocycles. The second kappa shape index (κ2) is 4.61. The molecular formula is C11H17NO2S. The first kappa shape index (κ1) is 11.1. The van der Waals surface area contributed by atoms with Crippen molar-refractivity contribution in [2.75, 3.05) is 32.9 Å². The van der Waals surface area contributed by atoms with E-state index in [1.54, 1.807) is 11.3 Å². The fraction of sp³-hybridized carbons (Fsp3) is 0.636. The Balaban J connectivity index is 2.20. The molecule has 1 aliphatic heterocycles. The molecule has 1 atom stereocenters. The zero-order valence-electron chi connectivity index (χ0n) is 8.98. The third-order valence-corrected chi connectivity index (χ3v) is 4.19. The molecule has 15 heavy (non-hydrogen) atoms. The topological polar surface area (TPSA) is 32.7 Å². The van der Waals surface area contributed by atoms with Gasteiger partial charge in [0.15, 0.2) is 0 Å². The first-order valence-corrected chi connectivity index (χ1v) is 6.13. The molecule has 2 heterocycles. The number of rotatable bonds is 3. The highest BCUT2D eigenvalue weighted by atomic mass is 32.1. The van der Waals surface area contributed by atoms with E-state index >= 15 is 0 Å². The Morgan fingerprint density at radius 1 is 1.53 bits per heavy atom. The normalized spacial score (nSPS) is 22.5. The summed E-state index contributed by atoms with van der Waals surface area (Å²) < 4.78 is 5.34. The summed E-state index contributed by atoms with van der Waals surface area (Å²) in [5.74, 6) is 0. The van der Waals surface area contributed by atoms with Crippen LogP contribution in [0.15, 0.2) is 17.5 Å². The Hall–Kier alpha value is -0.420. The van der Waals surface area contributed by atoms with Crippen LogP contribution in [0.3, 0.4) is 0 Å². The fourth-order valence-corrected chi connectivity index (χ4v) is 2.88. The second-order valence-corrected chi connectivity index (χ2v) is 4.96. The molecule has 0 unspecified atom stereocenters. The van der Waals surface area contributed by atoms with Gasteiger partial charge in [0.1, 0.15) is 0 Å². The maximum Gasteiger partial charge on any atom is 0.0760 e. The van der Waals surface area contributed by atoms with E-state index in [9.17, 15) is 5.11 Å². The van der Waals surface area contributed by atoms with E-state index in [2.05, 4.69) is 23.3 Å². The van der Waals surface area contributed by atoms with Crippen molar-refractivity contribution in [1.82, 2.24) is 4.90 Å². The number of thiophene rings is 1. The van der Waals surface area contributed by atoms with E-state index in [0.717, 1.165) is 26.3 Å². The van der Waals surface area contributed by atoms with Gasteiger partial charge in [0, 0.05) is 18.0 Å². The Morgan fingerprint density at radius 3 is 2.80 bits per heavy atom. The molecule has 0 aromatic carbocycles. The van der Waals surface area contributed by atoms with Gasteiger partial charge in [-0.1, -0.05) is 6.07 Å². The lowest BCUT2D eigenvalue weighted by Crippen LogP contribution is -2.51. The standard InChI is InChI=1S/C11H17NO2S/c1-11(9-13,10-3-2-8-15-10)12-4-6-14-7-5-12/h2-3,8,13H,4-7,9H2,1H3/t11-/m1/s1. The molecule has 2 rings (SSSR count). The van der Waals surface area contributed by atoms with Crippen molar-refractivity contribution in [2.45, 2.75) is 12.5 Å². The molecule has 0 amide bonds. The van der Waals surface area contributed by atoms with Gasteiger partial charge in [-0.2, -0.15) is 0 Å². The molecule has 84 valence electrons. The van der Waals surface area contributed by atoms with Crippen LogP contribution in [0.4, 0.5) is 0 Å². The van der Waals surface area contributed by atoms with Crippen molar-refractivity contribution in [1.29, 1.82) is 0 Å². The number of hydrogen-bond donors (Lipinski definition) is 1. The largest absolute Gasteiger partial charge is 0.394 e. The van der Waals surface area contributed by atoms with Gasteiger partial charge < -0.3 is 9.84 Å². The molecule has 1 aliphatic rings. The molecule has 1 aromatic rings. The second-order valence-electron chi connectivity index (χ2n) is 4.01. The summed E-state index contributed by atoms with van der Waals surface area (Å²) in [5.41, 5.74) is -0.238. The predicted molar refractivity (Wildman–Crippen MR) is 61.1 cm³/mol. The first-order valence-electron chi connectivity index (χ1n) is 5.25. The van der Waals surface area contributed by atoms with E-state index in [1.807, 2.05) is 6.07 Å². The van der Waals surface area contributed by atoms with Gasteiger partial charge in [0.2, 0.25) is 0 Å². The molecule has 1 aromatic heterocycles. The van der Waals surface area contributed by atoms with Crippen molar-refractivity contribution >= 4 is 11.3 Å². The first-order chi connectivity index (χ1) is 7.27. The van der Waals surface area contributed by atoms with Gasteiger partial charge in [-0.3, -0.25) is 4.90 Å². The van der Waals surface area contributed by atoms with Gasteiger partial charge >= 0.3 is 0 Å². The molecule has 0 bridgehead atoms. The van der Waals surface area contributed by atoms with Gasteiger partial charge in [-0.25, -0.2) is 0 Å². The Morgan fingerprint density at radius 2 is 2.27 bits per heavy atom. The minimum absolute atomic E-state index is 0.160. The Bertz CT molecular complexity index is 296. The molecule has 1 saturated heterocycles.